The predicted molar refractivity (Wildman–Crippen MR) is 57.6 cm³/mol. The Labute approximate surface area is 93.6 Å². The first-order valence-electron chi connectivity index (χ1n) is 5.48. The minimum absolute atomic E-state index is 0.101. The Morgan fingerprint density at radius 1 is 1.56 bits per heavy atom. The molecule has 1 aromatic heterocycles. The third-order valence-corrected chi connectivity index (χ3v) is 3.18. The van der Waals surface area contributed by atoms with Crippen molar-refractivity contribution in [3.05, 3.63) is 5.82 Å². The summed E-state index contributed by atoms with van der Waals surface area (Å²) in [5.74, 6) is 0.402. The van der Waals surface area contributed by atoms with Gasteiger partial charge in [-0.15, -0.1) is 0 Å². The second-order valence-corrected chi connectivity index (χ2v) is 4.29. The molecular weight excluding hydrogens is 208 g/mol. The van der Waals surface area contributed by atoms with Crippen LogP contribution in [-0.4, -0.2) is 22.6 Å². The van der Waals surface area contributed by atoms with E-state index >= 15 is 0 Å². The van der Waals surface area contributed by atoms with E-state index in [1.54, 1.807) is 6.92 Å². The van der Waals surface area contributed by atoms with Gasteiger partial charge in [-0.1, -0.05) is 18.0 Å². The van der Waals surface area contributed by atoms with Crippen molar-refractivity contribution in [3.8, 4) is 0 Å². The number of rotatable bonds is 3. The van der Waals surface area contributed by atoms with Gasteiger partial charge in [0.25, 0.3) is 0 Å². The lowest BCUT2D eigenvalue weighted by molar-refractivity contribution is -0.125. The van der Waals surface area contributed by atoms with E-state index in [0.29, 0.717) is 12.4 Å². The lowest BCUT2D eigenvalue weighted by Gasteiger charge is -2.24. The fraction of sp³-hybridized carbons (Fsp3) is 0.700. The summed E-state index contributed by atoms with van der Waals surface area (Å²) >= 11 is 0. The van der Waals surface area contributed by atoms with Gasteiger partial charge in [0.15, 0.2) is 5.82 Å². The predicted octanol–water partition coefficient (Wildman–Crippen LogP) is 0.836. The van der Waals surface area contributed by atoms with Gasteiger partial charge in [0.1, 0.15) is 0 Å². The normalized spacial score (nSPS) is 18.6. The Morgan fingerprint density at radius 3 is 2.75 bits per heavy atom. The zero-order valence-corrected chi connectivity index (χ0v) is 9.32. The molecule has 1 heterocycles. The van der Waals surface area contributed by atoms with Crippen LogP contribution in [-0.2, 0) is 4.79 Å². The smallest absolute Gasteiger partial charge is 0.328 e. The number of nitrogens with two attached hydrogens (primary N) is 1. The van der Waals surface area contributed by atoms with Gasteiger partial charge in [-0.3, -0.25) is 10.1 Å². The maximum atomic E-state index is 12.1. The van der Waals surface area contributed by atoms with E-state index < -0.39 is 5.41 Å². The molecule has 1 fully saturated rings. The zero-order chi connectivity index (χ0) is 11.6. The fourth-order valence-corrected chi connectivity index (χ4v) is 2.15. The van der Waals surface area contributed by atoms with Gasteiger partial charge in [-0.05, 0) is 19.8 Å². The minimum Gasteiger partial charge on any atom is -0.329 e. The van der Waals surface area contributed by atoms with Crippen LogP contribution < -0.4 is 11.1 Å². The summed E-state index contributed by atoms with van der Waals surface area (Å²) in [6.45, 7) is 2.07. The molecule has 1 aliphatic rings. The van der Waals surface area contributed by atoms with Crippen molar-refractivity contribution < 1.29 is 9.32 Å². The standard InChI is InChI=1S/C10H16N4O2/c1-7-12-9(16-14-7)13-8(15)10(6-11)4-2-3-5-10/h2-6,11H2,1H3,(H,12,13,14,15). The minimum atomic E-state index is -0.442. The first-order valence-corrected chi connectivity index (χ1v) is 5.48. The third-order valence-electron chi connectivity index (χ3n) is 3.18. The molecule has 0 aliphatic heterocycles. The fourth-order valence-electron chi connectivity index (χ4n) is 2.15. The van der Waals surface area contributed by atoms with E-state index in [1.807, 2.05) is 0 Å². The highest BCUT2D eigenvalue weighted by atomic mass is 16.5. The summed E-state index contributed by atoms with van der Waals surface area (Å²) in [6.07, 6.45) is 3.77. The quantitative estimate of drug-likeness (QED) is 0.793. The molecular formula is C10H16N4O2. The molecule has 1 aliphatic carbocycles. The molecule has 1 aromatic rings. The van der Waals surface area contributed by atoms with Gasteiger partial charge < -0.3 is 10.3 Å². The number of amides is 1. The summed E-state index contributed by atoms with van der Waals surface area (Å²) in [5, 5.41) is 6.25. The van der Waals surface area contributed by atoms with Crippen molar-refractivity contribution in [1.29, 1.82) is 0 Å². The number of carbonyl (C=O) groups excluding carboxylic acids is 1. The molecule has 6 heteroatoms. The van der Waals surface area contributed by atoms with E-state index in [-0.39, 0.29) is 11.9 Å². The Bertz CT molecular complexity index is 382. The SMILES string of the molecule is Cc1noc(NC(=O)C2(CN)CCCC2)n1. The molecule has 0 aromatic carbocycles. The van der Waals surface area contributed by atoms with Gasteiger partial charge in [-0.2, -0.15) is 4.98 Å². The molecule has 1 saturated carbocycles. The summed E-state index contributed by atoms with van der Waals surface area (Å²) in [7, 11) is 0. The average molecular weight is 224 g/mol. The molecule has 0 saturated heterocycles. The lowest BCUT2D eigenvalue weighted by atomic mass is 9.85. The Morgan fingerprint density at radius 2 is 2.25 bits per heavy atom. The highest BCUT2D eigenvalue weighted by Gasteiger charge is 2.40. The Balaban J connectivity index is 2.07. The van der Waals surface area contributed by atoms with Crippen LogP contribution >= 0.6 is 0 Å². The van der Waals surface area contributed by atoms with E-state index in [4.69, 9.17) is 10.3 Å². The number of carbonyl (C=O) groups is 1. The number of hydrogen-bond acceptors (Lipinski definition) is 5. The third kappa shape index (κ3) is 1.92. The van der Waals surface area contributed by atoms with Crippen LogP contribution in [0.4, 0.5) is 6.01 Å². The van der Waals surface area contributed by atoms with Crippen LogP contribution in [0.5, 0.6) is 0 Å². The van der Waals surface area contributed by atoms with Crippen LogP contribution in [0, 0.1) is 12.3 Å². The number of nitrogens with zero attached hydrogens (tertiary/aromatic N) is 2. The molecule has 1 amide bonds. The second kappa shape index (κ2) is 4.21. The summed E-state index contributed by atoms with van der Waals surface area (Å²) in [4.78, 5) is 16.0. The van der Waals surface area contributed by atoms with Gasteiger partial charge in [0.2, 0.25) is 5.91 Å². The number of hydrogen-bond donors (Lipinski definition) is 2. The van der Waals surface area contributed by atoms with Crippen molar-refractivity contribution in [2.75, 3.05) is 11.9 Å². The van der Waals surface area contributed by atoms with Crippen molar-refractivity contribution in [1.82, 2.24) is 10.1 Å². The molecule has 0 bridgehead atoms. The maximum Gasteiger partial charge on any atom is 0.328 e. The van der Waals surface area contributed by atoms with Gasteiger partial charge in [-0.25, -0.2) is 0 Å². The molecule has 0 spiro atoms. The number of aryl methyl sites for hydroxylation is 1. The highest BCUT2D eigenvalue weighted by Crippen LogP contribution is 2.37. The summed E-state index contributed by atoms with van der Waals surface area (Å²) < 4.78 is 4.85. The first kappa shape index (κ1) is 11.1. The van der Waals surface area contributed by atoms with E-state index in [0.717, 1.165) is 25.7 Å². The molecule has 88 valence electrons. The van der Waals surface area contributed by atoms with Crippen LogP contribution in [0.15, 0.2) is 4.52 Å². The van der Waals surface area contributed by atoms with E-state index in [2.05, 4.69) is 15.5 Å². The molecule has 0 unspecified atom stereocenters. The number of anilines is 1. The van der Waals surface area contributed by atoms with Gasteiger partial charge in [0, 0.05) is 6.54 Å². The molecule has 6 nitrogen and oxygen atoms in total. The van der Waals surface area contributed by atoms with Crippen molar-refractivity contribution in [2.24, 2.45) is 11.1 Å². The highest BCUT2D eigenvalue weighted by molar-refractivity contribution is 5.94. The Hall–Kier alpha value is -1.43. The molecule has 0 radical (unpaired) electrons. The zero-order valence-electron chi connectivity index (χ0n) is 9.32. The van der Waals surface area contributed by atoms with Crippen LogP contribution in [0.1, 0.15) is 31.5 Å². The average Bonchev–Trinajstić information content (AvgIpc) is 2.88. The monoisotopic (exact) mass is 224 g/mol. The van der Waals surface area contributed by atoms with Crippen molar-refractivity contribution >= 4 is 11.9 Å². The van der Waals surface area contributed by atoms with Crippen LogP contribution in [0.2, 0.25) is 0 Å². The molecule has 16 heavy (non-hydrogen) atoms. The lowest BCUT2D eigenvalue weighted by Crippen LogP contribution is -2.40. The van der Waals surface area contributed by atoms with E-state index in [1.165, 1.54) is 0 Å². The van der Waals surface area contributed by atoms with E-state index in [9.17, 15) is 4.79 Å². The maximum absolute atomic E-state index is 12.1. The first-order chi connectivity index (χ1) is 7.66. The molecule has 0 atom stereocenters. The summed E-state index contributed by atoms with van der Waals surface area (Å²) in [6, 6.07) is 0.155. The van der Waals surface area contributed by atoms with Crippen LogP contribution in [0.3, 0.4) is 0 Å². The Kier molecular flexibility index (Phi) is 2.91. The van der Waals surface area contributed by atoms with Gasteiger partial charge >= 0.3 is 6.01 Å². The topological polar surface area (TPSA) is 94.0 Å². The number of aromatic nitrogens is 2. The largest absolute Gasteiger partial charge is 0.329 e. The number of nitrogens with one attached hydrogen (secondary N) is 1. The molecule has 3 N–H and O–H groups in total. The molecule has 2 rings (SSSR count). The van der Waals surface area contributed by atoms with Crippen molar-refractivity contribution in [2.45, 2.75) is 32.6 Å². The van der Waals surface area contributed by atoms with Gasteiger partial charge in [0.05, 0.1) is 5.41 Å². The summed E-state index contributed by atoms with van der Waals surface area (Å²) in [5.41, 5.74) is 5.26. The van der Waals surface area contributed by atoms with Crippen LogP contribution in [0.25, 0.3) is 0 Å². The second-order valence-electron chi connectivity index (χ2n) is 4.29. The van der Waals surface area contributed by atoms with Crippen molar-refractivity contribution in [3.63, 3.8) is 0 Å².